The topological polar surface area (TPSA) is 3.24 Å². The lowest BCUT2D eigenvalue weighted by atomic mass is 10.0. The molecule has 0 aromatic heterocycles. The Morgan fingerprint density at radius 2 is 0.711 bits per heavy atom. The molecule has 1 rings (SSSR count). The molecule has 1 aromatic rings. The monoisotopic (exact) mass is 624 g/mol. The number of nitrogens with zero attached hydrogens (tertiary/aromatic N) is 1. The van der Waals surface area contributed by atoms with E-state index < -0.39 is 0 Å². The van der Waals surface area contributed by atoms with E-state index >= 15 is 0 Å². The molecule has 1 nitrogen and oxygen atoms in total. The van der Waals surface area contributed by atoms with Crippen molar-refractivity contribution in [3.8, 4) is 0 Å². The van der Waals surface area contributed by atoms with E-state index in [4.69, 9.17) is 0 Å². The van der Waals surface area contributed by atoms with Gasteiger partial charge in [-0.05, 0) is 37.0 Å². The summed E-state index contributed by atoms with van der Waals surface area (Å²) in [5, 5.41) is 0. The molecule has 0 aliphatic carbocycles. The minimum Gasteiger partial charge on any atom is -0.375 e. The van der Waals surface area contributed by atoms with Crippen LogP contribution in [-0.2, 0) is 0 Å². The highest BCUT2D eigenvalue weighted by molar-refractivity contribution is 5.55. The highest BCUT2D eigenvalue weighted by atomic mass is 15.1. The lowest BCUT2D eigenvalue weighted by Gasteiger charge is -2.19. The van der Waals surface area contributed by atoms with Crippen molar-refractivity contribution < 1.29 is 0 Å². The van der Waals surface area contributed by atoms with Crippen LogP contribution in [0.5, 0.6) is 0 Å². The highest BCUT2D eigenvalue weighted by Crippen LogP contribution is 2.18. The van der Waals surface area contributed by atoms with E-state index in [-0.39, 0.29) is 0 Å². The van der Waals surface area contributed by atoms with Crippen molar-refractivity contribution in [1.82, 2.24) is 0 Å². The van der Waals surface area contributed by atoms with Crippen LogP contribution < -0.4 is 4.90 Å². The molecule has 0 saturated carbocycles. The van der Waals surface area contributed by atoms with Gasteiger partial charge in [0.2, 0.25) is 0 Å². The van der Waals surface area contributed by atoms with Gasteiger partial charge in [0, 0.05) is 19.3 Å². The van der Waals surface area contributed by atoms with Crippen LogP contribution in [0.2, 0.25) is 0 Å². The van der Waals surface area contributed by atoms with Crippen LogP contribution in [0.15, 0.2) is 30.3 Å². The third-order valence-electron chi connectivity index (χ3n) is 9.97. The Bertz CT molecular complexity index is 719. The minimum absolute atomic E-state index is 1.17. The zero-order valence-corrected chi connectivity index (χ0v) is 31.2. The smallest absolute Gasteiger partial charge is 0.0364 e. The van der Waals surface area contributed by atoms with Gasteiger partial charge in [-0.3, -0.25) is 0 Å². The molecule has 0 aliphatic heterocycles. The van der Waals surface area contributed by atoms with E-state index in [9.17, 15) is 0 Å². The molecule has 0 heterocycles. The van der Waals surface area contributed by atoms with E-state index in [2.05, 4.69) is 62.2 Å². The summed E-state index contributed by atoms with van der Waals surface area (Å²) in [7, 11) is 2.26. The standard InChI is InChI=1S/C44H81N/c1-4-6-8-10-12-14-16-18-20-22-23-25-27-29-31-33-35-37-43-38-40-44(41-39-43)45(3)42-36-34-32-30-28-26-24-21-19-17-15-13-11-9-7-5-2/h35,37-41H,4-34,36,42H2,1-3H3/b37-35+. The summed E-state index contributed by atoms with van der Waals surface area (Å²) in [6.07, 6.45) is 50.5. The average molecular weight is 624 g/mol. The molecule has 0 fully saturated rings. The SMILES string of the molecule is CCCCCCCCCCCCCCCCC/C=C/c1ccc(N(C)CCCCCCCCCCCCCCCCCC)cc1. The maximum atomic E-state index is 2.44. The predicted molar refractivity (Wildman–Crippen MR) is 208 cm³/mol. The van der Waals surface area contributed by atoms with Gasteiger partial charge in [-0.1, -0.05) is 224 Å². The molecule has 0 radical (unpaired) electrons. The van der Waals surface area contributed by atoms with Gasteiger partial charge < -0.3 is 4.90 Å². The lowest BCUT2D eigenvalue weighted by molar-refractivity contribution is 0.529. The van der Waals surface area contributed by atoms with E-state index in [0.29, 0.717) is 0 Å². The van der Waals surface area contributed by atoms with Crippen molar-refractivity contribution in [3.63, 3.8) is 0 Å². The fourth-order valence-corrected chi connectivity index (χ4v) is 6.72. The molecule has 0 saturated heterocycles. The first-order valence-electron chi connectivity index (χ1n) is 20.8. The molecule has 0 amide bonds. The molecule has 1 aromatic carbocycles. The van der Waals surface area contributed by atoms with Crippen LogP contribution in [-0.4, -0.2) is 13.6 Å². The number of rotatable bonds is 35. The zero-order valence-electron chi connectivity index (χ0n) is 31.2. The molecule has 1 heteroatoms. The second-order valence-corrected chi connectivity index (χ2v) is 14.5. The van der Waals surface area contributed by atoms with Crippen LogP contribution in [0.3, 0.4) is 0 Å². The third-order valence-corrected chi connectivity index (χ3v) is 9.97. The Labute approximate surface area is 284 Å². The normalized spacial score (nSPS) is 11.6. The highest BCUT2D eigenvalue weighted by Gasteiger charge is 2.01. The predicted octanol–water partition coefficient (Wildman–Crippen LogP) is 15.7. The molecule has 0 atom stereocenters. The largest absolute Gasteiger partial charge is 0.375 e. The fraction of sp³-hybridized carbons (Fsp3) is 0.818. The van der Waals surface area contributed by atoms with Gasteiger partial charge in [0.05, 0.1) is 0 Å². The maximum absolute atomic E-state index is 2.44. The van der Waals surface area contributed by atoms with Crippen LogP contribution in [0.4, 0.5) is 5.69 Å². The molecule has 0 spiro atoms. The Morgan fingerprint density at radius 3 is 1.07 bits per heavy atom. The Hall–Kier alpha value is -1.24. The van der Waals surface area contributed by atoms with Gasteiger partial charge in [-0.25, -0.2) is 0 Å². The summed E-state index contributed by atoms with van der Waals surface area (Å²) in [5.74, 6) is 0. The molecule has 0 unspecified atom stereocenters. The van der Waals surface area contributed by atoms with Crippen molar-refractivity contribution in [2.24, 2.45) is 0 Å². The summed E-state index contributed by atoms with van der Waals surface area (Å²) in [6.45, 7) is 5.78. The number of unbranched alkanes of at least 4 members (excludes halogenated alkanes) is 30. The van der Waals surface area contributed by atoms with Crippen molar-refractivity contribution in [3.05, 3.63) is 35.9 Å². The van der Waals surface area contributed by atoms with Gasteiger partial charge in [0.25, 0.3) is 0 Å². The average Bonchev–Trinajstić information content (AvgIpc) is 3.06. The number of hydrogen-bond acceptors (Lipinski definition) is 1. The van der Waals surface area contributed by atoms with Crippen LogP contribution in [0, 0.1) is 0 Å². The van der Waals surface area contributed by atoms with Gasteiger partial charge in [-0.15, -0.1) is 0 Å². The summed E-state index contributed by atoms with van der Waals surface area (Å²) in [5.41, 5.74) is 2.70. The first-order valence-corrected chi connectivity index (χ1v) is 20.8. The minimum atomic E-state index is 1.17. The molecule has 262 valence electrons. The zero-order chi connectivity index (χ0) is 32.3. The Morgan fingerprint density at radius 1 is 0.400 bits per heavy atom. The summed E-state index contributed by atoms with van der Waals surface area (Å²) in [4.78, 5) is 2.44. The quantitative estimate of drug-likeness (QED) is 0.0680. The maximum Gasteiger partial charge on any atom is 0.0364 e. The molecule has 0 aliphatic rings. The first kappa shape index (κ1) is 41.8. The number of hydrogen-bond donors (Lipinski definition) is 0. The van der Waals surface area contributed by atoms with E-state index in [1.807, 2.05) is 0 Å². The number of allylic oxidation sites excluding steroid dienone is 1. The van der Waals surface area contributed by atoms with Crippen LogP contribution >= 0.6 is 0 Å². The van der Waals surface area contributed by atoms with Crippen LogP contribution in [0.25, 0.3) is 6.08 Å². The Balaban J connectivity index is 1.90. The number of anilines is 1. The van der Waals surface area contributed by atoms with E-state index in [1.165, 1.54) is 223 Å². The third kappa shape index (κ3) is 28.7. The second kappa shape index (κ2) is 34.1. The second-order valence-electron chi connectivity index (χ2n) is 14.5. The van der Waals surface area contributed by atoms with Crippen molar-refractivity contribution in [1.29, 1.82) is 0 Å². The van der Waals surface area contributed by atoms with Crippen molar-refractivity contribution in [2.75, 3.05) is 18.5 Å². The van der Waals surface area contributed by atoms with Crippen LogP contribution in [0.1, 0.15) is 225 Å². The first-order chi connectivity index (χ1) is 22.3. The summed E-state index contributed by atoms with van der Waals surface area (Å²) in [6, 6.07) is 9.20. The fourth-order valence-electron chi connectivity index (χ4n) is 6.72. The van der Waals surface area contributed by atoms with Gasteiger partial charge in [0.15, 0.2) is 0 Å². The van der Waals surface area contributed by atoms with Crippen molar-refractivity contribution >= 4 is 11.8 Å². The summed E-state index contributed by atoms with van der Waals surface area (Å²) < 4.78 is 0. The van der Waals surface area contributed by atoms with E-state index in [0.717, 1.165) is 0 Å². The molecule has 0 N–H and O–H groups in total. The van der Waals surface area contributed by atoms with E-state index in [1.54, 1.807) is 0 Å². The Kier molecular flexibility index (Phi) is 31.7. The molecular formula is C44H81N. The van der Waals surface area contributed by atoms with Crippen molar-refractivity contribution in [2.45, 2.75) is 219 Å². The summed E-state index contributed by atoms with van der Waals surface area (Å²) >= 11 is 0. The van der Waals surface area contributed by atoms with Gasteiger partial charge in [0.1, 0.15) is 0 Å². The lowest BCUT2D eigenvalue weighted by Crippen LogP contribution is -2.18. The van der Waals surface area contributed by atoms with Gasteiger partial charge >= 0.3 is 0 Å². The molecule has 0 bridgehead atoms. The molecule has 45 heavy (non-hydrogen) atoms. The van der Waals surface area contributed by atoms with Gasteiger partial charge in [-0.2, -0.15) is 0 Å². The molecular weight excluding hydrogens is 542 g/mol. The number of benzene rings is 1.